The lowest BCUT2D eigenvalue weighted by atomic mass is 9.99. The van der Waals surface area contributed by atoms with Crippen molar-refractivity contribution >= 4 is 51.5 Å². The smallest absolute Gasteiger partial charge is 0.339 e. The van der Waals surface area contributed by atoms with Gasteiger partial charge in [-0.2, -0.15) is 0 Å². The molecule has 0 aliphatic carbocycles. The summed E-state index contributed by atoms with van der Waals surface area (Å²) in [6.07, 6.45) is 0.556. The zero-order chi connectivity index (χ0) is 33.6. The number of carboxylic acid groups (broad SMARTS) is 1. The van der Waals surface area contributed by atoms with Crippen molar-refractivity contribution in [2.75, 3.05) is 13.1 Å². The average Bonchev–Trinajstić information content (AvgIpc) is 3.26. The number of hydrogen-bond acceptors (Lipinski definition) is 8. The van der Waals surface area contributed by atoms with Gasteiger partial charge in [-0.15, -0.1) is 0 Å². The van der Waals surface area contributed by atoms with Gasteiger partial charge in [0.2, 0.25) is 23.6 Å². The monoisotopic (exact) mass is 626 g/mol. The molecule has 0 saturated carbocycles. The van der Waals surface area contributed by atoms with E-state index in [-0.39, 0.29) is 24.7 Å². The molecule has 45 heavy (non-hydrogen) atoms. The molecule has 5 N–H and O–H groups in total. The van der Waals surface area contributed by atoms with Crippen molar-refractivity contribution < 1.29 is 37.9 Å². The van der Waals surface area contributed by atoms with Crippen molar-refractivity contribution in [2.24, 2.45) is 11.8 Å². The second-order valence-corrected chi connectivity index (χ2v) is 11.7. The van der Waals surface area contributed by atoms with Gasteiger partial charge >= 0.3 is 11.6 Å². The van der Waals surface area contributed by atoms with Gasteiger partial charge in [-0.1, -0.05) is 34.1 Å². The molecule has 0 unspecified atom stereocenters. The Balaban J connectivity index is 1.54. The molecule has 0 fully saturated rings. The Kier molecular flexibility index (Phi) is 11.5. The number of fused-ring (bicyclic) bond motifs is 2. The zero-order valence-electron chi connectivity index (χ0n) is 26.7. The Morgan fingerprint density at radius 3 is 1.98 bits per heavy atom. The number of nitrogens with one attached hydrogen (secondary N) is 4. The van der Waals surface area contributed by atoms with Crippen LogP contribution in [0.15, 0.2) is 25.8 Å². The van der Waals surface area contributed by atoms with E-state index in [1.54, 1.807) is 40.7 Å². The fraction of sp³-hybridized carbons (Fsp3) is 0.500. The van der Waals surface area contributed by atoms with Crippen molar-refractivity contribution in [1.29, 1.82) is 0 Å². The third-order valence-electron chi connectivity index (χ3n) is 8.12. The number of carbonyl (C=O) groups excluding carboxylic acids is 4. The number of aryl methyl sites for hydroxylation is 3. The fourth-order valence-electron chi connectivity index (χ4n) is 4.96. The van der Waals surface area contributed by atoms with Crippen LogP contribution in [0.2, 0.25) is 0 Å². The predicted molar refractivity (Wildman–Crippen MR) is 167 cm³/mol. The molecular weight excluding hydrogens is 584 g/mol. The number of carboxylic acids is 1. The molecule has 13 heteroatoms. The Labute approximate surface area is 260 Å². The first-order valence-electron chi connectivity index (χ1n) is 15.0. The topological polar surface area (TPSA) is 197 Å². The van der Waals surface area contributed by atoms with Crippen LogP contribution < -0.4 is 26.9 Å². The first kappa shape index (κ1) is 34.8. The van der Waals surface area contributed by atoms with Crippen LogP contribution in [0.3, 0.4) is 0 Å². The molecule has 3 atom stereocenters. The largest absolute Gasteiger partial charge is 0.480 e. The van der Waals surface area contributed by atoms with Gasteiger partial charge in [0.15, 0.2) is 0 Å². The minimum absolute atomic E-state index is 0.0757. The van der Waals surface area contributed by atoms with E-state index >= 15 is 0 Å². The highest BCUT2D eigenvalue weighted by molar-refractivity contribution is 5.97. The minimum Gasteiger partial charge on any atom is -0.480 e. The normalized spacial score (nSPS) is 13.3. The third-order valence-corrected chi connectivity index (χ3v) is 8.12. The highest BCUT2D eigenvalue weighted by atomic mass is 16.4. The van der Waals surface area contributed by atoms with Gasteiger partial charge < -0.3 is 35.2 Å². The Bertz CT molecular complexity index is 1670. The van der Waals surface area contributed by atoms with Crippen molar-refractivity contribution in [1.82, 2.24) is 21.3 Å². The van der Waals surface area contributed by atoms with E-state index in [1.165, 1.54) is 0 Å². The van der Waals surface area contributed by atoms with E-state index in [2.05, 4.69) is 21.3 Å². The lowest BCUT2D eigenvalue weighted by Crippen LogP contribution is -2.54. The minimum atomic E-state index is -1.17. The number of carbonyl (C=O) groups is 5. The highest BCUT2D eigenvalue weighted by Crippen LogP contribution is 2.31. The molecule has 0 spiro atoms. The van der Waals surface area contributed by atoms with Crippen molar-refractivity contribution in [3.8, 4) is 0 Å². The lowest BCUT2D eigenvalue weighted by molar-refractivity contribution is -0.143. The van der Waals surface area contributed by atoms with Gasteiger partial charge in [0.05, 0.1) is 13.1 Å². The van der Waals surface area contributed by atoms with E-state index in [9.17, 15) is 33.9 Å². The summed E-state index contributed by atoms with van der Waals surface area (Å²) in [6.45, 7) is 11.6. The second kappa shape index (κ2) is 14.9. The van der Waals surface area contributed by atoms with Crippen LogP contribution in [-0.4, -0.2) is 59.9 Å². The second-order valence-electron chi connectivity index (χ2n) is 11.7. The molecule has 244 valence electrons. The maximum Gasteiger partial charge on any atom is 0.339 e. The van der Waals surface area contributed by atoms with Gasteiger partial charge in [-0.25, -0.2) is 9.59 Å². The fourth-order valence-corrected chi connectivity index (χ4v) is 4.96. The number of hydrogen-bond donors (Lipinski definition) is 5. The van der Waals surface area contributed by atoms with E-state index in [0.29, 0.717) is 28.7 Å². The van der Waals surface area contributed by atoms with Crippen LogP contribution >= 0.6 is 0 Å². The van der Waals surface area contributed by atoms with E-state index < -0.39 is 60.4 Å². The summed E-state index contributed by atoms with van der Waals surface area (Å²) in [5.74, 6) is -3.47. The summed E-state index contributed by atoms with van der Waals surface area (Å²) in [4.78, 5) is 74.3. The molecule has 3 rings (SSSR count). The summed E-state index contributed by atoms with van der Waals surface area (Å²) in [7, 11) is 0. The zero-order valence-corrected chi connectivity index (χ0v) is 26.7. The Morgan fingerprint density at radius 2 is 1.38 bits per heavy atom. The molecule has 2 aromatic heterocycles. The number of amides is 4. The molecule has 1 aromatic carbocycles. The summed E-state index contributed by atoms with van der Waals surface area (Å²) >= 11 is 0. The number of aliphatic carboxylic acids is 1. The molecule has 2 heterocycles. The summed E-state index contributed by atoms with van der Waals surface area (Å²) in [6, 6.07) is 1.50. The summed E-state index contributed by atoms with van der Waals surface area (Å²) in [5.41, 5.74) is 2.51. The van der Waals surface area contributed by atoms with E-state index in [0.717, 1.165) is 22.1 Å². The van der Waals surface area contributed by atoms with Gasteiger partial charge in [-0.05, 0) is 56.2 Å². The molecule has 0 aliphatic rings. The molecule has 0 aliphatic heterocycles. The van der Waals surface area contributed by atoms with E-state index in [1.807, 2.05) is 19.9 Å². The Morgan fingerprint density at radius 1 is 0.800 bits per heavy atom. The number of benzene rings is 1. The summed E-state index contributed by atoms with van der Waals surface area (Å²) in [5, 5.41) is 20.9. The number of rotatable bonds is 14. The van der Waals surface area contributed by atoms with Crippen molar-refractivity contribution in [3.63, 3.8) is 0 Å². The first-order valence-corrected chi connectivity index (χ1v) is 15.0. The van der Waals surface area contributed by atoms with Crippen LogP contribution in [0.5, 0.6) is 0 Å². The van der Waals surface area contributed by atoms with Crippen LogP contribution in [-0.2, 0) is 30.4 Å². The van der Waals surface area contributed by atoms with Crippen LogP contribution in [0.4, 0.5) is 0 Å². The molecule has 0 saturated heterocycles. The van der Waals surface area contributed by atoms with Crippen molar-refractivity contribution in [2.45, 2.75) is 79.8 Å². The van der Waals surface area contributed by atoms with Gasteiger partial charge in [-0.3, -0.25) is 19.2 Å². The first-order chi connectivity index (χ1) is 21.1. The van der Waals surface area contributed by atoms with Crippen LogP contribution in [0, 0.1) is 32.6 Å². The maximum absolute atomic E-state index is 12.7. The molecular formula is C32H42N4O9. The molecule has 0 radical (unpaired) electrons. The van der Waals surface area contributed by atoms with Gasteiger partial charge in [0, 0.05) is 28.8 Å². The maximum atomic E-state index is 12.7. The van der Waals surface area contributed by atoms with Gasteiger partial charge in [0.1, 0.15) is 29.0 Å². The highest BCUT2D eigenvalue weighted by Gasteiger charge is 2.27. The molecule has 13 nitrogen and oxygen atoms in total. The molecule has 0 bridgehead atoms. The van der Waals surface area contributed by atoms with Gasteiger partial charge in [0.25, 0.3) is 0 Å². The standard InChI is InChI=1S/C32H42N4O9/c1-8-16(4)29(31(41)42)36-27(39)14-34-30(40)28(15(2)3)35-26(38)13-33-25(37)10-9-20-18(6)22-11-21-17(5)19(7)44-23(21)12-24(22)45-32(20)43/h11-12,15-16,28-29H,8-10,13-14H2,1-7H3,(H,33,37)(H,34,40)(H,35,38)(H,36,39)(H,41,42)/t16-,28+,29+/m0/s1. The SMILES string of the molecule is CC[C@H](C)[C@@H](NC(=O)CNC(=O)[C@H](NC(=O)CNC(=O)CCc1c(C)c2cc3c(C)c(C)oc3cc2oc1=O)C(C)C)C(=O)O. The lowest BCUT2D eigenvalue weighted by Gasteiger charge is -2.23. The predicted octanol–water partition coefficient (Wildman–Crippen LogP) is 2.39. The van der Waals surface area contributed by atoms with E-state index in [4.69, 9.17) is 8.83 Å². The average molecular weight is 627 g/mol. The third kappa shape index (κ3) is 8.49. The number of furan rings is 1. The quantitative estimate of drug-likeness (QED) is 0.167. The van der Waals surface area contributed by atoms with Crippen molar-refractivity contribution in [3.05, 3.63) is 45.0 Å². The van der Waals surface area contributed by atoms with Crippen LogP contribution in [0.25, 0.3) is 21.9 Å². The summed E-state index contributed by atoms with van der Waals surface area (Å²) < 4.78 is 11.3. The van der Waals surface area contributed by atoms with Crippen LogP contribution in [0.1, 0.15) is 63.0 Å². The molecule has 4 amide bonds. The Hall–Kier alpha value is -4.68. The molecule has 3 aromatic rings.